The zero-order valence-corrected chi connectivity index (χ0v) is 21.2. The van der Waals surface area contributed by atoms with E-state index in [9.17, 15) is 14.9 Å². The fraction of sp³-hybridized carbons (Fsp3) is 0.385. The van der Waals surface area contributed by atoms with E-state index in [0.717, 1.165) is 5.56 Å². The Kier molecular flexibility index (Phi) is 8.88. The van der Waals surface area contributed by atoms with Crippen LogP contribution in [0.1, 0.15) is 37.7 Å². The molecule has 0 aliphatic heterocycles. The lowest BCUT2D eigenvalue weighted by molar-refractivity contribution is -0.386. The van der Waals surface area contributed by atoms with E-state index in [4.69, 9.17) is 14.2 Å². The number of amides is 1. The number of hydrogen-bond donors (Lipinski definition) is 1. The van der Waals surface area contributed by atoms with E-state index in [2.05, 4.69) is 10.4 Å². The van der Waals surface area contributed by atoms with Crippen molar-refractivity contribution in [1.82, 2.24) is 9.78 Å². The van der Waals surface area contributed by atoms with E-state index in [1.54, 1.807) is 45.0 Å². The molecule has 10 heteroatoms. The Morgan fingerprint density at radius 1 is 1.06 bits per heavy atom. The number of aryl methyl sites for hydroxylation is 1. The zero-order chi connectivity index (χ0) is 26.2. The third-order valence-electron chi connectivity index (χ3n) is 5.56. The highest BCUT2D eigenvalue weighted by Crippen LogP contribution is 2.29. The maximum atomic E-state index is 12.7. The van der Waals surface area contributed by atoms with Gasteiger partial charge in [-0.3, -0.25) is 19.6 Å². The van der Waals surface area contributed by atoms with Crippen LogP contribution in [0.5, 0.6) is 17.2 Å². The molecule has 0 saturated carbocycles. The minimum Gasteiger partial charge on any atom is -0.490 e. The standard InChI is InChI=1S/C26H32N4O6/c1-6-34-23-13-8-20(14-24(23)35-7-2)16-36-22-11-9-21(10-12-22)27-26(31)17(3)15-29-19(5)25(30(32)33)18(4)28-29/h8-14,17H,6-7,15-16H2,1-5H3,(H,27,31). The van der Waals surface area contributed by atoms with Crippen molar-refractivity contribution >= 4 is 17.3 Å². The van der Waals surface area contributed by atoms with Crippen molar-refractivity contribution in [3.63, 3.8) is 0 Å². The number of anilines is 1. The van der Waals surface area contributed by atoms with Gasteiger partial charge in [-0.1, -0.05) is 13.0 Å². The molecule has 0 bridgehead atoms. The third kappa shape index (κ3) is 6.53. The minimum absolute atomic E-state index is 0.0162. The van der Waals surface area contributed by atoms with E-state index in [1.807, 2.05) is 32.0 Å². The number of carbonyl (C=O) groups is 1. The van der Waals surface area contributed by atoms with Gasteiger partial charge in [0.25, 0.3) is 0 Å². The average Bonchev–Trinajstić information content (AvgIpc) is 3.12. The van der Waals surface area contributed by atoms with Gasteiger partial charge in [0.1, 0.15) is 23.7 Å². The van der Waals surface area contributed by atoms with Crippen molar-refractivity contribution < 1.29 is 23.9 Å². The van der Waals surface area contributed by atoms with Crippen molar-refractivity contribution in [1.29, 1.82) is 0 Å². The second kappa shape index (κ2) is 12.1. The molecule has 0 fully saturated rings. The van der Waals surface area contributed by atoms with Gasteiger partial charge in [-0.25, -0.2) is 0 Å². The van der Waals surface area contributed by atoms with Gasteiger partial charge in [0.2, 0.25) is 5.91 Å². The fourth-order valence-corrected chi connectivity index (χ4v) is 3.72. The van der Waals surface area contributed by atoms with Gasteiger partial charge < -0.3 is 19.5 Å². The summed E-state index contributed by atoms with van der Waals surface area (Å²) in [4.78, 5) is 23.4. The molecular formula is C26H32N4O6. The molecule has 3 aromatic rings. The van der Waals surface area contributed by atoms with E-state index < -0.39 is 10.8 Å². The number of nitrogens with zero attached hydrogens (tertiary/aromatic N) is 3. The molecule has 1 heterocycles. The molecule has 1 unspecified atom stereocenters. The summed E-state index contributed by atoms with van der Waals surface area (Å²) in [5, 5.41) is 18.3. The molecule has 0 saturated heterocycles. The van der Waals surface area contributed by atoms with E-state index >= 15 is 0 Å². The van der Waals surface area contributed by atoms with Crippen LogP contribution < -0.4 is 19.5 Å². The first-order valence-electron chi connectivity index (χ1n) is 11.8. The molecule has 36 heavy (non-hydrogen) atoms. The van der Waals surface area contributed by atoms with Crippen LogP contribution in [-0.2, 0) is 17.9 Å². The van der Waals surface area contributed by atoms with Crippen molar-refractivity contribution in [3.05, 3.63) is 69.5 Å². The van der Waals surface area contributed by atoms with Crippen LogP contribution in [-0.4, -0.2) is 33.8 Å². The summed E-state index contributed by atoms with van der Waals surface area (Å²) in [5.41, 5.74) is 2.31. The first kappa shape index (κ1) is 26.5. The Hall–Kier alpha value is -4.08. The van der Waals surface area contributed by atoms with Crippen molar-refractivity contribution in [2.75, 3.05) is 18.5 Å². The molecule has 192 valence electrons. The van der Waals surface area contributed by atoms with E-state index in [1.165, 1.54) is 4.68 Å². The number of nitro groups is 1. The number of hydrogen-bond acceptors (Lipinski definition) is 7. The third-order valence-corrected chi connectivity index (χ3v) is 5.56. The summed E-state index contributed by atoms with van der Waals surface area (Å²) >= 11 is 0. The maximum absolute atomic E-state index is 12.7. The second-order valence-corrected chi connectivity index (χ2v) is 8.31. The monoisotopic (exact) mass is 496 g/mol. The fourth-order valence-electron chi connectivity index (χ4n) is 3.72. The van der Waals surface area contributed by atoms with E-state index in [0.29, 0.717) is 54.1 Å². The molecule has 2 aromatic carbocycles. The predicted octanol–water partition coefficient (Wildman–Crippen LogP) is 5.06. The highest BCUT2D eigenvalue weighted by molar-refractivity contribution is 5.92. The summed E-state index contributed by atoms with van der Waals surface area (Å²) in [7, 11) is 0. The van der Waals surface area contributed by atoms with Gasteiger partial charge in [0.15, 0.2) is 11.5 Å². The number of benzene rings is 2. The first-order chi connectivity index (χ1) is 17.2. The number of aromatic nitrogens is 2. The topological polar surface area (TPSA) is 118 Å². The van der Waals surface area contributed by atoms with Crippen molar-refractivity contribution in [3.8, 4) is 17.2 Å². The average molecular weight is 497 g/mol. The summed E-state index contributed by atoms with van der Waals surface area (Å²) in [6.07, 6.45) is 0. The largest absolute Gasteiger partial charge is 0.490 e. The van der Waals surface area contributed by atoms with Gasteiger partial charge in [-0.2, -0.15) is 5.10 Å². The zero-order valence-electron chi connectivity index (χ0n) is 21.2. The van der Waals surface area contributed by atoms with Crippen molar-refractivity contribution in [2.24, 2.45) is 5.92 Å². The quantitative estimate of drug-likeness (QED) is 0.275. The molecule has 1 atom stereocenters. The minimum atomic E-state index is -0.448. The van der Waals surface area contributed by atoms with Gasteiger partial charge in [0, 0.05) is 5.69 Å². The van der Waals surface area contributed by atoms with Crippen LogP contribution in [0.3, 0.4) is 0 Å². The van der Waals surface area contributed by atoms with Crippen LogP contribution in [0.4, 0.5) is 11.4 Å². The van der Waals surface area contributed by atoms with E-state index in [-0.39, 0.29) is 18.1 Å². The molecule has 10 nitrogen and oxygen atoms in total. The Labute approximate surface area is 210 Å². The number of rotatable bonds is 12. The summed E-state index contributed by atoms with van der Waals surface area (Å²) in [6.45, 7) is 10.5. The lowest BCUT2D eigenvalue weighted by Gasteiger charge is -2.14. The number of nitrogens with one attached hydrogen (secondary N) is 1. The molecule has 3 rings (SSSR count). The summed E-state index contributed by atoms with van der Waals surface area (Å²) in [5.74, 6) is 1.38. The Balaban J connectivity index is 1.56. The summed E-state index contributed by atoms with van der Waals surface area (Å²) < 4.78 is 18.6. The number of ether oxygens (including phenoxy) is 3. The maximum Gasteiger partial charge on any atom is 0.312 e. The smallest absolute Gasteiger partial charge is 0.312 e. The molecule has 0 aliphatic rings. The normalized spacial score (nSPS) is 11.6. The van der Waals surface area contributed by atoms with Crippen LogP contribution in [0, 0.1) is 29.9 Å². The molecule has 1 amide bonds. The van der Waals surface area contributed by atoms with Gasteiger partial charge >= 0.3 is 5.69 Å². The Morgan fingerprint density at radius 3 is 2.33 bits per heavy atom. The van der Waals surface area contributed by atoms with Crippen LogP contribution in [0.2, 0.25) is 0 Å². The van der Waals surface area contributed by atoms with Gasteiger partial charge in [-0.15, -0.1) is 0 Å². The Bertz CT molecular complexity index is 1210. The molecule has 1 N–H and O–H groups in total. The number of carbonyl (C=O) groups excluding carboxylic acids is 1. The highest BCUT2D eigenvalue weighted by atomic mass is 16.6. The Morgan fingerprint density at radius 2 is 1.72 bits per heavy atom. The van der Waals surface area contributed by atoms with Crippen LogP contribution in [0.25, 0.3) is 0 Å². The molecular weight excluding hydrogens is 464 g/mol. The predicted molar refractivity (Wildman–Crippen MR) is 136 cm³/mol. The molecule has 0 spiro atoms. The first-order valence-corrected chi connectivity index (χ1v) is 11.8. The molecule has 0 radical (unpaired) electrons. The SMILES string of the molecule is CCOc1ccc(COc2ccc(NC(=O)C(C)Cn3nc(C)c([N+](=O)[O-])c3C)cc2)cc1OCC. The lowest BCUT2D eigenvalue weighted by Crippen LogP contribution is -2.25. The van der Waals surface area contributed by atoms with Crippen molar-refractivity contribution in [2.45, 2.75) is 47.8 Å². The lowest BCUT2D eigenvalue weighted by atomic mass is 10.1. The molecule has 0 aliphatic carbocycles. The summed E-state index contributed by atoms with van der Waals surface area (Å²) in [6, 6.07) is 12.8. The van der Waals surface area contributed by atoms with Gasteiger partial charge in [-0.05, 0) is 69.7 Å². The highest BCUT2D eigenvalue weighted by Gasteiger charge is 2.24. The van der Waals surface area contributed by atoms with Crippen LogP contribution in [0.15, 0.2) is 42.5 Å². The second-order valence-electron chi connectivity index (χ2n) is 8.31. The molecule has 1 aromatic heterocycles. The van der Waals surface area contributed by atoms with Gasteiger partial charge in [0.05, 0.1) is 30.6 Å². The van der Waals surface area contributed by atoms with Crippen LogP contribution >= 0.6 is 0 Å².